The average Bonchev–Trinajstić information content (AvgIpc) is 2.98. The summed E-state index contributed by atoms with van der Waals surface area (Å²) < 4.78 is 10.5. The third-order valence-electron chi connectivity index (χ3n) is 5.82. The lowest BCUT2D eigenvalue weighted by molar-refractivity contribution is -0.384. The molecule has 2 amide bonds. The highest BCUT2D eigenvalue weighted by Crippen LogP contribution is 2.24. The number of nitrogens with zero attached hydrogens (tertiary/aromatic N) is 2. The number of hydrogen-bond donors (Lipinski definition) is 2. The standard InChI is InChI=1S/C30H24N4O7/c1-19-3-5-20(6-4-19)28(35)32-24-11-7-21(8-12-24)29(36)33-31-18-23-17-25(34(38)39)13-16-27(23)41-30(37)22-9-14-26(40-2)15-10-22/h3-18H,1-2H3,(H,32,35)(H,33,36)/b31-18+. The first-order valence-corrected chi connectivity index (χ1v) is 12.2. The number of non-ortho nitro benzene ring substituents is 1. The maximum Gasteiger partial charge on any atom is 0.343 e. The first-order valence-electron chi connectivity index (χ1n) is 12.2. The number of methoxy groups -OCH3 is 1. The fourth-order valence-corrected chi connectivity index (χ4v) is 3.57. The number of esters is 1. The van der Waals surface area contributed by atoms with E-state index in [9.17, 15) is 24.5 Å². The van der Waals surface area contributed by atoms with Crippen LogP contribution in [0.4, 0.5) is 11.4 Å². The lowest BCUT2D eigenvalue weighted by Crippen LogP contribution is -2.18. The predicted octanol–water partition coefficient (Wildman–Crippen LogP) is 5.15. The van der Waals surface area contributed by atoms with Gasteiger partial charge in [-0.1, -0.05) is 17.7 Å². The van der Waals surface area contributed by atoms with Gasteiger partial charge in [-0.2, -0.15) is 5.10 Å². The fourth-order valence-electron chi connectivity index (χ4n) is 3.57. The van der Waals surface area contributed by atoms with Crippen LogP contribution in [-0.4, -0.2) is 36.0 Å². The third kappa shape index (κ3) is 7.39. The van der Waals surface area contributed by atoms with Crippen molar-refractivity contribution in [2.75, 3.05) is 12.4 Å². The second kappa shape index (κ2) is 12.8. The summed E-state index contributed by atoms with van der Waals surface area (Å²) in [5.41, 5.74) is 4.69. The molecular weight excluding hydrogens is 528 g/mol. The molecule has 4 aromatic rings. The Balaban J connectivity index is 1.42. The molecule has 0 radical (unpaired) electrons. The molecule has 0 heterocycles. The normalized spacial score (nSPS) is 10.6. The topological polar surface area (TPSA) is 149 Å². The summed E-state index contributed by atoms with van der Waals surface area (Å²) in [4.78, 5) is 48.2. The zero-order valence-corrected chi connectivity index (χ0v) is 22.0. The number of nitro benzene ring substituents is 1. The Morgan fingerprint density at radius 3 is 2.07 bits per heavy atom. The maximum atomic E-state index is 12.6. The van der Waals surface area contributed by atoms with Crippen LogP contribution < -0.4 is 20.2 Å². The number of carbonyl (C=O) groups is 3. The van der Waals surface area contributed by atoms with Gasteiger partial charge in [-0.05, 0) is 73.7 Å². The number of aryl methyl sites for hydroxylation is 1. The summed E-state index contributed by atoms with van der Waals surface area (Å²) in [6.07, 6.45) is 1.14. The van der Waals surface area contributed by atoms with Crippen molar-refractivity contribution >= 4 is 35.4 Å². The van der Waals surface area contributed by atoms with E-state index < -0.39 is 16.8 Å². The molecule has 0 unspecified atom stereocenters. The van der Waals surface area contributed by atoms with Gasteiger partial charge in [0.25, 0.3) is 17.5 Å². The molecule has 2 N–H and O–H groups in total. The summed E-state index contributed by atoms with van der Waals surface area (Å²) >= 11 is 0. The van der Waals surface area contributed by atoms with E-state index in [-0.39, 0.29) is 34.0 Å². The molecule has 11 nitrogen and oxygen atoms in total. The Hall–Kier alpha value is -5.84. The highest BCUT2D eigenvalue weighted by molar-refractivity contribution is 6.04. The van der Waals surface area contributed by atoms with Gasteiger partial charge in [0.15, 0.2) is 0 Å². The van der Waals surface area contributed by atoms with Crippen molar-refractivity contribution < 1.29 is 28.8 Å². The minimum absolute atomic E-state index is 0.00286. The number of nitro groups is 1. The fraction of sp³-hybridized carbons (Fsp3) is 0.0667. The molecule has 11 heteroatoms. The van der Waals surface area contributed by atoms with E-state index >= 15 is 0 Å². The van der Waals surface area contributed by atoms with Crippen molar-refractivity contribution in [3.8, 4) is 11.5 Å². The van der Waals surface area contributed by atoms with Crippen molar-refractivity contribution in [3.05, 3.63) is 129 Å². The van der Waals surface area contributed by atoms with Gasteiger partial charge in [0.05, 0.1) is 23.8 Å². The van der Waals surface area contributed by atoms with E-state index in [1.54, 1.807) is 36.4 Å². The smallest absolute Gasteiger partial charge is 0.343 e. The summed E-state index contributed by atoms with van der Waals surface area (Å²) in [6, 6.07) is 23.1. The van der Waals surface area contributed by atoms with Gasteiger partial charge in [0.1, 0.15) is 11.5 Å². The molecule has 4 aromatic carbocycles. The minimum Gasteiger partial charge on any atom is -0.497 e. The number of nitrogens with one attached hydrogen (secondary N) is 2. The second-order valence-corrected chi connectivity index (χ2v) is 8.69. The molecular formula is C30H24N4O7. The molecule has 0 aromatic heterocycles. The second-order valence-electron chi connectivity index (χ2n) is 8.69. The Kier molecular flexibility index (Phi) is 8.80. The molecule has 206 valence electrons. The Bertz CT molecular complexity index is 1610. The lowest BCUT2D eigenvalue weighted by Gasteiger charge is -2.08. The molecule has 0 spiro atoms. The predicted molar refractivity (Wildman–Crippen MR) is 152 cm³/mol. The van der Waals surface area contributed by atoms with Gasteiger partial charge < -0.3 is 14.8 Å². The number of ether oxygens (including phenoxy) is 2. The lowest BCUT2D eigenvalue weighted by atomic mass is 10.1. The third-order valence-corrected chi connectivity index (χ3v) is 5.82. The molecule has 0 saturated carbocycles. The number of hydrogen-bond acceptors (Lipinski definition) is 8. The van der Waals surface area contributed by atoms with Crippen molar-refractivity contribution in [2.45, 2.75) is 6.92 Å². The van der Waals surface area contributed by atoms with E-state index in [1.165, 1.54) is 43.5 Å². The number of amides is 2. The average molecular weight is 553 g/mol. The summed E-state index contributed by atoms with van der Waals surface area (Å²) in [5.74, 6) is -0.993. The van der Waals surface area contributed by atoms with Gasteiger partial charge in [-0.25, -0.2) is 10.2 Å². The number of hydrazone groups is 1. The van der Waals surface area contributed by atoms with Crippen molar-refractivity contribution in [3.63, 3.8) is 0 Å². The van der Waals surface area contributed by atoms with Crippen LogP contribution in [0.15, 0.2) is 96.1 Å². The van der Waals surface area contributed by atoms with Crippen LogP contribution in [0.25, 0.3) is 0 Å². The molecule has 0 aliphatic carbocycles. The van der Waals surface area contributed by atoms with E-state index in [2.05, 4.69) is 15.8 Å². The van der Waals surface area contributed by atoms with E-state index in [0.717, 1.165) is 17.8 Å². The summed E-state index contributed by atoms with van der Waals surface area (Å²) in [6.45, 7) is 1.93. The first-order chi connectivity index (χ1) is 19.7. The van der Waals surface area contributed by atoms with Gasteiger partial charge in [0, 0.05) is 34.5 Å². The number of carbonyl (C=O) groups excluding carboxylic acids is 3. The largest absolute Gasteiger partial charge is 0.497 e. The maximum absolute atomic E-state index is 12.6. The van der Waals surface area contributed by atoms with E-state index in [0.29, 0.717) is 17.0 Å². The first kappa shape index (κ1) is 28.2. The van der Waals surface area contributed by atoms with Crippen LogP contribution in [0.5, 0.6) is 11.5 Å². The number of benzene rings is 4. The molecule has 0 saturated heterocycles. The van der Waals surface area contributed by atoms with E-state index in [1.807, 2.05) is 19.1 Å². The van der Waals surface area contributed by atoms with Gasteiger partial charge in [-0.15, -0.1) is 0 Å². The molecule has 41 heavy (non-hydrogen) atoms. The minimum atomic E-state index is -0.699. The van der Waals surface area contributed by atoms with Gasteiger partial charge in [0.2, 0.25) is 0 Å². The van der Waals surface area contributed by atoms with Crippen molar-refractivity contribution in [2.24, 2.45) is 5.10 Å². The van der Waals surface area contributed by atoms with Crippen LogP contribution in [0.3, 0.4) is 0 Å². The van der Waals surface area contributed by atoms with E-state index in [4.69, 9.17) is 9.47 Å². The van der Waals surface area contributed by atoms with Crippen LogP contribution >= 0.6 is 0 Å². The quantitative estimate of drug-likeness (QED) is 0.0959. The molecule has 0 atom stereocenters. The zero-order chi connectivity index (χ0) is 29.4. The number of rotatable bonds is 9. The SMILES string of the molecule is COc1ccc(C(=O)Oc2ccc([N+](=O)[O-])cc2/C=N/NC(=O)c2ccc(NC(=O)c3ccc(C)cc3)cc2)cc1. The van der Waals surface area contributed by atoms with Gasteiger partial charge >= 0.3 is 5.97 Å². The molecule has 0 bridgehead atoms. The van der Waals surface area contributed by atoms with Crippen LogP contribution in [0.2, 0.25) is 0 Å². The molecule has 0 aliphatic rings. The molecule has 0 fully saturated rings. The summed E-state index contributed by atoms with van der Waals surface area (Å²) in [5, 5.41) is 17.9. The van der Waals surface area contributed by atoms with Crippen LogP contribution in [0, 0.1) is 17.0 Å². The van der Waals surface area contributed by atoms with Crippen molar-refractivity contribution in [1.82, 2.24) is 5.43 Å². The Morgan fingerprint density at radius 2 is 1.44 bits per heavy atom. The van der Waals surface area contributed by atoms with Crippen molar-refractivity contribution in [1.29, 1.82) is 0 Å². The van der Waals surface area contributed by atoms with Crippen LogP contribution in [-0.2, 0) is 0 Å². The molecule has 0 aliphatic heterocycles. The van der Waals surface area contributed by atoms with Gasteiger partial charge in [-0.3, -0.25) is 19.7 Å². The monoisotopic (exact) mass is 552 g/mol. The highest BCUT2D eigenvalue weighted by atomic mass is 16.6. The molecule has 4 rings (SSSR count). The Labute approximate surface area is 234 Å². The zero-order valence-electron chi connectivity index (χ0n) is 22.0. The Morgan fingerprint density at radius 1 is 0.829 bits per heavy atom. The highest BCUT2D eigenvalue weighted by Gasteiger charge is 2.16. The number of anilines is 1. The van der Waals surface area contributed by atoms with Crippen LogP contribution in [0.1, 0.15) is 42.2 Å². The summed E-state index contributed by atoms with van der Waals surface area (Å²) in [7, 11) is 1.50.